The molecule has 1 aliphatic rings. The summed E-state index contributed by atoms with van der Waals surface area (Å²) in [5.74, 6) is 0. The van der Waals surface area contributed by atoms with E-state index in [1.165, 1.54) is 53.5 Å². The van der Waals surface area contributed by atoms with Gasteiger partial charge in [0.1, 0.15) is 0 Å². The number of benzene rings is 5. The van der Waals surface area contributed by atoms with E-state index in [9.17, 15) is 0 Å². The summed E-state index contributed by atoms with van der Waals surface area (Å²) in [4.78, 5) is 1.32. The standard InChI is InChI=1S/C26H16S/c1-2-6-19-17(5-1)8-11-21-20(19)13-14-23-22(21)12-9-18-10-15-25-24(26(18)23)7-3-4-16-27-25/h1-16H. The molecule has 126 valence electrons. The molecule has 1 heteroatoms. The predicted molar refractivity (Wildman–Crippen MR) is 120 cm³/mol. The molecule has 0 atom stereocenters. The highest BCUT2D eigenvalue weighted by molar-refractivity contribution is 8.02. The van der Waals surface area contributed by atoms with Crippen molar-refractivity contribution in [2.45, 2.75) is 4.90 Å². The van der Waals surface area contributed by atoms with Crippen molar-refractivity contribution in [3.8, 4) is 0 Å². The van der Waals surface area contributed by atoms with Crippen LogP contribution in [0.3, 0.4) is 0 Å². The molecule has 0 N–H and O–H groups in total. The number of rotatable bonds is 0. The van der Waals surface area contributed by atoms with E-state index in [0.717, 1.165) is 0 Å². The molecule has 0 spiro atoms. The minimum Gasteiger partial charge on any atom is -0.0974 e. The highest BCUT2D eigenvalue weighted by Gasteiger charge is 2.12. The van der Waals surface area contributed by atoms with Crippen molar-refractivity contribution in [3.05, 3.63) is 95.9 Å². The van der Waals surface area contributed by atoms with Gasteiger partial charge in [-0.05, 0) is 60.1 Å². The van der Waals surface area contributed by atoms with Crippen molar-refractivity contribution < 1.29 is 0 Å². The minimum atomic E-state index is 1.30. The van der Waals surface area contributed by atoms with Gasteiger partial charge in [-0.1, -0.05) is 96.7 Å². The van der Waals surface area contributed by atoms with E-state index >= 15 is 0 Å². The molecule has 1 aliphatic heterocycles. The lowest BCUT2D eigenvalue weighted by molar-refractivity contribution is 1.49. The molecular formula is C26H16S. The van der Waals surface area contributed by atoms with Gasteiger partial charge in [-0.3, -0.25) is 0 Å². The molecule has 5 aromatic carbocycles. The van der Waals surface area contributed by atoms with Crippen LogP contribution in [0.1, 0.15) is 5.56 Å². The van der Waals surface area contributed by atoms with Gasteiger partial charge in [-0.25, -0.2) is 0 Å². The van der Waals surface area contributed by atoms with E-state index in [0.29, 0.717) is 0 Å². The molecule has 0 fully saturated rings. The van der Waals surface area contributed by atoms with Crippen LogP contribution < -0.4 is 0 Å². The summed E-state index contributed by atoms with van der Waals surface area (Å²) in [6, 6.07) is 26.8. The summed E-state index contributed by atoms with van der Waals surface area (Å²) in [5, 5.41) is 12.7. The number of allylic oxidation sites excluding steroid dienone is 2. The fourth-order valence-electron chi connectivity index (χ4n) is 4.32. The third-order valence-corrected chi connectivity index (χ3v) is 6.46. The number of hydrogen-bond acceptors (Lipinski definition) is 1. The molecular weight excluding hydrogens is 344 g/mol. The Morgan fingerprint density at radius 3 is 2.19 bits per heavy atom. The van der Waals surface area contributed by atoms with Crippen LogP contribution in [-0.4, -0.2) is 0 Å². The number of thioether (sulfide) groups is 1. The fourth-order valence-corrected chi connectivity index (χ4v) is 5.08. The molecule has 0 saturated heterocycles. The molecule has 1 heterocycles. The summed E-state index contributed by atoms with van der Waals surface area (Å²) < 4.78 is 0. The molecule has 0 nitrogen and oxygen atoms in total. The van der Waals surface area contributed by atoms with Gasteiger partial charge in [-0.15, -0.1) is 0 Å². The monoisotopic (exact) mass is 360 g/mol. The first-order chi connectivity index (χ1) is 13.4. The first-order valence-corrected chi connectivity index (χ1v) is 10.1. The summed E-state index contributed by atoms with van der Waals surface area (Å²) in [5.41, 5.74) is 1.33. The Morgan fingerprint density at radius 1 is 0.519 bits per heavy atom. The van der Waals surface area contributed by atoms with Crippen molar-refractivity contribution in [1.29, 1.82) is 0 Å². The Morgan fingerprint density at radius 2 is 1.22 bits per heavy atom. The van der Waals surface area contributed by atoms with Gasteiger partial charge in [-0.2, -0.15) is 0 Å². The molecule has 5 aromatic rings. The predicted octanol–water partition coefficient (Wildman–Crippen LogP) is 7.93. The van der Waals surface area contributed by atoms with Crippen LogP contribution in [-0.2, 0) is 0 Å². The lowest BCUT2D eigenvalue weighted by atomic mass is 9.92. The van der Waals surface area contributed by atoms with E-state index in [1.54, 1.807) is 11.8 Å². The van der Waals surface area contributed by atoms with E-state index < -0.39 is 0 Å². The maximum absolute atomic E-state index is 2.31. The zero-order valence-electron chi connectivity index (χ0n) is 14.6. The molecule has 0 aromatic heterocycles. The number of fused-ring (bicyclic) bond motifs is 9. The Balaban J connectivity index is 1.81. The summed E-state index contributed by atoms with van der Waals surface area (Å²) in [6.07, 6.45) is 6.51. The second kappa shape index (κ2) is 5.73. The minimum absolute atomic E-state index is 1.30. The van der Waals surface area contributed by atoms with Crippen LogP contribution in [0, 0.1) is 0 Å². The molecule has 0 radical (unpaired) electrons. The van der Waals surface area contributed by atoms with E-state index in [4.69, 9.17) is 0 Å². The Kier molecular flexibility index (Phi) is 3.20. The summed E-state index contributed by atoms with van der Waals surface area (Å²) in [7, 11) is 0. The van der Waals surface area contributed by atoms with Gasteiger partial charge in [0.25, 0.3) is 0 Å². The Bertz CT molecular complexity index is 1440. The van der Waals surface area contributed by atoms with E-state index in [1.807, 2.05) is 0 Å². The zero-order valence-corrected chi connectivity index (χ0v) is 15.5. The van der Waals surface area contributed by atoms with E-state index in [2.05, 4.69) is 96.4 Å². The molecule has 27 heavy (non-hydrogen) atoms. The molecule has 0 bridgehead atoms. The smallest absolute Gasteiger partial charge is 0.0195 e. The highest BCUT2D eigenvalue weighted by Crippen LogP contribution is 2.39. The second-order valence-electron chi connectivity index (χ2n) is 6.99. The quantitative estimate of drug-likeness (QED) is 0.253. The first-order valence-electron chi connectivity index (χ1n) is 9.20. The molecule has 6 rings (SSSR count). The third-order valence-electron chi connectivity index (χ3n) is 5.55. The van der Waals surface area contributed by atoms with Crippen molar-refractivity contribution in [2.75, 3.05) is 0 Å². The lowest BCUT2D eigenvalue weighted by Gasteiger charge is -2.13. The van der Waals surface area contributed by atoms with Crippen molar-refractivity contribution in [2.24, 2.45) is 0 Å². The third kappa shape index (κ3) is 2.19. The Labute approximate surface area is 161 Å². The summed E-state index contributed by atoms with van der Waals surface area (Å²) >= 11 is 1.80. The average Bonchev–Trinajstić information content (AvgIpc) is 2.98. The fraction of sp³-hybridized carbons (Fsp3) is 0. The largest absolute Gasteiger partial charge is 0.0974 e. The van der Waals surface area contributed by atoms with Gasteiger partial charge < -0.3 is 0 Å². The number of hydrogen-bond donors (Lipinski definition) is 0. The average molecular weight is 360 g/mol. The van der Waals surface area contributed by atoms with Crippen molar-refractivity contribution in [1.82, 2.24) is 0 Å². The van der Waals surface area contributed by atoms with Crippen LogP contribution in [0.15, 0.2) is 95.3 Å². The summed E-state index contributed by atoms with van der Waals surface area (Å²) in [6.45, 7) is 0. The van der Waals surface area contributed by atoms with Crippen molar-refractivity contribution in [3.63, 3.8) is 0 Å². The van der Waals surface area contributed by atoms with Crippen LogP contribution >= 0.6 is 11.8 Å². The molecule has 0 saturated carbocycles. The normalized spacial score (nSPS) is 13.5. The lowest BCUT2D eigenvalue weighted by Crippen LogP contribution is -1.87. The van der Waals surface area contributed by atoms with Gasteiger partial charge in [0.05, 0.1) is 0 Å². The van der Waals surface area contributed by atoms with Crippen LogP contribution in [0.2, 0.25) is 0 Å². The van der Waals surface area contributed by atoms with Crippen molar-refractivity contribution >= 4 is 60.9 Å². The maximum Gasteiger partial charge on any atom is 0.0195 e. The van der Waals surface area contributed by atoms with Gasteiger partial charge >= 0.3 is 0 Å². The maximum atomic E-state index is 2.31. The molecule has 0 aliphatic carbocycles. The van der Waals surface area contributed by atoms with Gasteiger partial charge in [0.15, 0.2) is 0 Å². The van der Waals surface area contributed by atoms with Crippen LogP contribution in [0.5, 0.6) is 0 Å². The van der Waals surface area contributed by atoms with Crippen LogP contribution in [0.25, 0.3) is 49.2 Å². The Hall–Kier alpha value is -3.03. The zero-order chi connectivity index (χ0) is 17.8. The highest BCUT2D eigenvalue weighted by atomic mass is 32.2. The first kappa shape index (κ1) is 15.1. The molecule has 0 amide bonds. The van der Waals surface area contributed by atoms with Gasteiger partial charge in [0, 0.05) is 4.90 Å². The van der Waals surface area contributed by atoms with Crippen LogP contribution in [0.4, 0.5) is 0 Å². The SMILES string of the molecule is C1=CSc2ccc3ccc4c5ccc6ccccc6c5ccc4c3c2C=C1. The topological polar surface area (TPSA) is 0 Å². The molecule has 0 unspecified atom stereocenters. The van der Waals surface area contributed by atoms with Gasteiger partial charge in [0.2, 0.25) is 0 Å². The van der Waals surface area contributed by atoms with E-state index in [-0.39, 0.29) is 0 Å². The second-order valence-corrected chi connectivity index (χ2v) is 7.94.